The molecule has 2 aliphatic heterocycles. The molecule has 406 valence electrons. The number of nitrogen functional groups attached to an aromatic ring is 1. The van der Waals surface area contributed by atoms with Crippen LogP contribution in [0.15, 0.2) is 97.3 Å². The van der Waals surface area contributed by atoms with E-state index in [0.717, 1.165) is 49.1 Å². The van der Waals surface area contributed by atoms with Crippen molar-refractivity contribution in [2.45, 2.75) is 0 Å². The number of nitro benzene ring substituents is 2. The molecule has 0 amide bonds. The lowest BCUT2D eigenvalue weighted by Crippen LogP contribution is -2.34. The highest BCUT2D eigenvalue weighted by molar-refractivity contribution is 14.1. The lowest BCUT2D eigenvalue weighted by molar-refractivity contribution is -0.385. The van der Waals surface area contributed by atoms with Crippen molar-refractivity contribution >= 4 is 156 Å². The van der Waals surface area contributed by atoms with Crippen molar-refractivity contribution in [3.63, 3.8) is 0 Å². The Bertz CT molecular complexity index is 2920. The number of methoxy groups -OCH3 is 2. The van der Waals surface area contributed by atoms with Gasteiger partial charge in [-0.2, -0.15) is 9.97 Å². The highest BCUT2D eigenvalue weighted by atomic mass is 127. The monoisotopic (exact) mass is 1470 g/mol. The topological polar surface area (TPSA) is 253 Å². The summed E-state index contributed by atoms with van der Waals surface area (Å²) in [5.41, 5.74) is 6.74. The third-order valence-corrected chi connectivity index (χ3v) is 17.7. The molecule has 2 saturated heterocycles. The molecule has 2 aromatic heterocycles. The number of nitrogens with two attached hydrogens (primary N) is 1. The quantitative estimate of drug-likeness (QED) is 0.0220. The number of nitrogens with one attached hydrogen (secondary N) is 1. The van der Waals surface area contributed by atoms with Gasteiger partial charge in [-0.25, -0.2) is 9.97 Å². The van der Waals surface area contributed by atoms with E-state index < -0.39 is 24.1 Å². The van der Waals surface area contributed by atoms with Gasteiger partial charge in [0.05, 0.1) is 60.0 Å². The third-order valence-electron chi connectivity index (χ3n) is 10.8. The first-order valence-electron chi connectivity index (χ1n) is 22.0. The second-order valence-electron chi connectivity index (χ2n) is 15.6. The number of benzene rings is 4. The normalized spacial score (nSPS) is 14.3. The Morgan fingerprint density at radius 1 is 0.627 bits per heavy atom. The van der Waals surface area contributed by atoms with Gasteiger partial charge in [0.2, 0.25) is 23.0 Å². The van der Waals surface area contributed by atoms with Gasteiger partial charge in [-0.15, -0.1) is 0 Å². The summed E-state index contributed by atoms with van der Waals surface area (Å²) in [6.45, 7) is 3.38. The minimum Gasteiger partial charge on any atom is -0.495 e. The zero-order valence-corrected chi connectivity index (χ0v) is 52.3. The summed E-state index contributed by atoms with van der Waals surface area (Å²) in [5, 5.41) is 26.6. The summed E-state index contributed by atoms with van der Waals surface area (Å²) in [6, 6.07) is 22.3. The molecule has 2 aliphatic rings. The average Bonchev–Trinajstić information content (AvgIpc) is 3.42. The van der Waals surface area contributed by atoms with Crippen molar-refractivity contribution in [2.75, 3.05) is 105 Å². The predicted molar refractivity (Wildman–Crippen MR) is 328 cm³/mol. The number of anilines is 3. The molecule has 0 spiro atoms. The molecule has 3 N–H and O–H groups in total. The Morgan fingerprint density at radius 2 is 1.05 bits per heavy atom. The van der Waals surface area contributed by atoms with Gasteiger partial charge in [0, 0.05) is 73.6 Å². The minimum atomic E-state index is -2.48. The molecular formula is C47H56Cl3I3N10O10P2. The Morgan fingerprint density at radius 3 is 1.51 bits per heavy atom. The van der Waals surface area contributed by atoms with Gasteiger partial charge in [-0.05, 0) is 89.0 Å². The van der Waals surface area contributed by atoms with E-state index in [0.29, 0.717) is 35.2 Å². The lowest BCUT2D eigenvalue weighted by Gasteiger charge is -2.30. The Labute approximate surface area is 492 Å². The fourth-order valence-electron chi connectivity index (χ4n) is 6.83. The Hall–Kier alpha value is -3.92. The number of aromatic nitrogens is 4. The highest BCUT2D eigenvalue weighted by Crippen LogP contribution is 2.48. The smallest absolute Gasteiger partial charge is 0.273 e. The van der Waals surface area contributed by atoms with Crippen LogP contribution in [0.2, 0.25) is 15.3 Å². The van der Waals surface area contributed by atoms with Gasteiger partial charge in [0.1, 0.15) is 47.3 Å². The van der Waals surface area contributed by atoms with Crippen LogP contribution in [-0.4, -0.2) is 134 Å². The second-order valence-corrected chi connectivity index (χ2v) is 23.1. The first-order chi connectivity index (χ1) is 35.9. The molecule has 2 fully saturated rings. The molecule has 0 bridgehead atoms. The van der Waals surface area contributed by atoms with E-state index in [1.807, 2.05) is 40.0 Å². The lowest BCUT2D eigenvalue weighted by atomic mass is 10.3. The number of nitro groups is 2. The van der Waals surface area contributed by atoms with Gasteiger partial charge in [-0.1, -0.05) is 103 Å². The van der Waals surface area contributed by atoms with Crippen LogP contribution in [0.4, 0.5) is 28.7 Å². The second kappa shape index (κ2) is 32.7. The van der Waals surface area contributed by atoms with Crippen LogP contribution in [0.5, 0.6) is 34.8 Å². The van der Waals surface area contributed by atoms with E-state index in [1.54, 1.807) is 37.4 Å². The molecular weight excluding hydrogens is 1410 g/mol. The molecule has 28 heteroatoms. The number of hydrogen-bond donors (Lipinski definition) is 2. The Balaban J connectivity index is 0.000000306. The molecule has 4 heterocycles. The van der Waals surface area contributed by atoms with Crippen LogP contribution >= 0.6 is 117 Å². The summed E-state index contributed by atoms with van der Waals surface area (Å²) in [5.74, 6) is 1.83. The number of hydrogen-bond acceptors (Lipinski definition) is 18. The van der Waals surface area contributed by atoms with E-state index in [1.165, 1.54) is 55.9 Å². The number of non-ortho nitro benzene ring substituents is 2. The predicted octanol–water partition coefficient (Wildman–Crippen LogP) is 12.4. The highest BCUT2D eigenvalue weighted by Gasteiger charge is 2.31. The van der Waals surface area contributed by atoms with Crippen LogP contribution < -0.4 is 40.6 Å². The molecule has 0 saturated carbocycles. The molecule has 8 rings (SSSR count). The first-order valence-corrected chi connectivity index (χ1v) is 33.8. The van der Waals surface area contributed by atoms with E-state index in [4.69, 9.17) is 59.5 Å². The maximum Gasteiger partial charge on any atom is 0.273 e. The van der Waals surface area contributed by atoms with Crippen molar-refractivity contribution in [3.8, 4) is 34.8 Å². The van der Waals surface area contributed by atoms with E-state index in [-0.39, 0.29) is 55.9 Å². The molecule has 0 aliphatic carbocycles. The molecule has 6 aromatic rings. The largest absolute Gasteiger partial charge is 0.495 e. The van der Waals surface area contributed by atoms with Gasteiger partial charge in [0.25, 0.3) is 11.4 Å². The van der Waals surface area contributed by atoms with Crippen LogP contribution in [0, 0.1) is 20.2 Å². The van der Waals surface area contributed by atoms with Crippen molar-refractivity contribution in [3.05, 3.63) is 133 Å². The summed E-state index contributed by atoms with van der Waals surface area (Å²) in [7, 11) is 2.49. The molecule has 4 aromatic carbocycles. The average molecular weight is 1470 g/mol. The fourth-order valence-corrected chi connectivity index (χ4v) is 12.8. The first kappa shape index (κ1) is 65.4. The van der Waals surface area contributed by atoms with Crippen LogP contribution in [0.25, 0.3) is 0 Å². The number of nitrogens with zero attached hydrogens (tertiary/aromatic N) is 8. The number of alkyl halides is 3. The summed E-state index contributed by atoms with van der Waals surface area (Å²) in [6.07, 6.45) is 5.41. The van der Waals surface area contributed by atoms with Crippen LogP contribution in [0.3, 0.4) is 0 Å². The maximum atomic E-state index is 13.4. The van der Waals surface area contributed by atoms with Gasteiger partial charge < -0.3 is 48.9 Å². The number of rotatable bonds is 12. The standard InChI is InChI=1S/C22H23ClN5O5P.C12H19N2O2P.C10H5Cl2N3O3.3CH3I/c1-27-8-10-34(31,11-9-27)17-6-7-19(20(13-17)32-2)25-22-24-14-18(23)21(26-22)33-16-5-3-4-15(12-16)28(29)30;1-14-5-7-17(15,8-6-14)10-3-4-11(13)12(9-10)16-2;11-8-5-13-10(12)14-9(8)18-7-3-1-2-6(4-7)15(16)17;3*1-2/h3-7,12-14H,8-11H2,1-2H3,(H,24,25,26);3-4,9H,5-8,13H2,1-2H3;1-5H;3*1H3. The van der Waals surface area contributed by atoms with Crippen molar-refractivity contribution in [2.24, 2.45) is 0 Å². The SMILES string of the molecule is CI.CI.CI.COc1cc(P2(=O)CCN(C)CC2)ccc1N.COc1cc(P2(=O)CCN(C)CC2)ccc1Nc1ncc(Cl)c(Oc2cccc([N+](=O)[O-])c2)n1.O=[N+]([O-])c1cccc(Oc2nc(Cl)ncc2Cl)c1. The van der Waals surface area contributed by atoms with Crippen molar-refractivity contribution in [1.82, 2.24) is 29.7 Å². The van der Waals surface area contributed by atoms with Crippen molar-refractivity contribution in [1.29, 1.82) is 0 Å². The molecule has 20 nitrogen and oxygen atoms in total. The number of halogens is 6. The van der Waals surface area contributed by atoms with Gasteiger partial charge in [-0.3, -0.25) is 20.2 Å². The molecule has 0 unspecified atom stereocenters. The molecule has 75 heavy (non-hydrogen) atoms. The number of ether oxygens (including phenoxy) is 4. The molecule has 0 radical (unpaired) electrons. The summed E-state index contributed by atoms with van der Waals surface area (Å²) in [4.78, 5) is 46.8. The summed E-state index contributed by atoms with van der Waals surface area (Å²) < 4.78 is 48.0. The van der Waals surface area contributed by atoms with E-state index >= 15 is 0 Å². The zero-order valence-electron chi connectivity index (χ0n) is 41.8. The van der Waals surface area contributed by atoms with Gasteiger partial charge in [0.15, 0.2) is 0 Å². The molecule has 0 atom stereocenters. The minimum absolute atomic E-state index is 0.0279. The van der Waals surface area contributed by atoms with Gasteiger partial charge >= 0.3 is 0 Å². The third kappa shape index (κ3) is 19.8. The fraction of sp³-hybridized carbons (Fsp3) is 0.319. The maximum absolute atomic E-state index is 13.4. The van der Waals surface area contributed by atoms with E-state index in [9.17, 15) is 29.4 Å². The Kier molecular flexibility index (Phi) is 28.5. The zero-order chi connectivity index (χ0) is 55.9. The van der Waals surface area contributed by atoms with Crippen LogP contribution in [-0.2, 0) is 9.13 Å². The van der Waals surface area contributed by atoms with Crippen LogP contribution in [0.1, 0.15) is 0 Å². The van der Waals surface area contributed by atoms with E-state index in [2.05, 4.69) is 110 Å². The summed E-state index contributed by atoms with van der Waals surface area (Å²) >= 11 is 24.0. The van der Waals surface area contributed by atoms with Crippen molar-refractivity contribution < 1.29 is 37.9 Å².